The Balaban J connectivity index is 1.70. The molecule has 0 radical (unpaired) electrons. The number of nitrogens with one attached hydrogen (secondary N) is 1. The summed E-state index contributed by atoms with van der Waals surface area (Å²) in [6.07, 6.45) is 9.26. The lowest BCUT2D eigenvalue weighted by Gasteiger charge is -2.41. The average Bonchev–Trinajstić information content (AvgIpc) is 2.68. The SMILES string of the molecule is Clc1ccc([C@@]2(CC[NH+]3CCCCC3)CCCc3ccccc32)cc1. The van der Waals surface area contributed by atoms with Crippen LogP contribution in [0.15, 0.2) is 48.5 Å². The second-order valence-corrected chi connectivity index (χ2v) is 8.35. The second-order valence-electron chi connectivity index (χ2n) is 7.91. The summed E-state index contributed by atoms with van der Waals surface area (Å²) in [4.78, 5) is 1.81. The smallest absolute Gasteiger partial charge is 0.0782 e. The van der Waals surface area contributed by atoms with Gasteiger partial charge in [0.2, 0.25) is 0 Å². The molecule has 1 nitrogen and oxygen atoms in total. The first-order chi connectivity index (χ1) is 12.3. The van der Waals surface area contributed by atoms with Gasteiger partial charge in [0, 0.05) is 16.9 Å². The van der Waals surface area contributed by atoms with Gasteiger partial charge in [-0.2, -0.15) is 0 Å². The molecule has 0 saturated carbocycles. The van der Waals surface area contributed by atoms with Gasteiger partial charge in [0.25, 0.3) is 0 Å². The molecule has 0 spiro atoms. The van der Waals surface area contributed by atoms with Gasteiger partial charge in [0.05, 0.1) is 19.6 Å². The topological polar surface area (TPSA) is 4.44 Å². The van der Waals surface area contributed by atoms with Crippen molar-refractivity contribution in [3.05, 3.63) is 70.2 Å². The number of piperidine rings is 1. The molecule has 0 unspecified atom stereocenters. The Morgan fingerprint density at radius 2 is 1.64 bits per heavy atom. The molecule has 1 aliphatic carbocycles. The van der Waals surface area contributed by atoms with E-state index in [4.69, 9.17) is 11.6 Å². The van der Waals surface area contributed by atoms with E-state index in [1.54, 1.807) is 11.1 Å². The molecule has 0 aromatic heterocycles. The molecule has 1 saturated heterocycles. The minimum atomic E-state index is 0.171. The lowest BCUT2D eigenvalue weighted by Crippen LogP contribution is -3.13. The molecule has 2 aromatic carbocycles. The monoisotopic (exact) mass is 354 g/mol. The van der Waals surface area contributed by atoms with Gasteiger partial charge in [-0.3, -0.25) is 0 Å². The molecule has 1 atom stereocenters. The Bertz CT molecular complexity index is 702. The van der Waals surface area contributed by atoms with E-state index >= 15 is 0 Å². The van der Waals surface area contributed by atoms with E-state index in [9.17, 15) is 0 Å². The van der Waals surface area contributed by atoms with Crippen molar-refractivity contribution in [3.8, 4) is 0 Å². The van der Waals surface area contributed by atoms with Crippen molar-refractivity contribution in [2.75, 3.05) is 19.6 Å². The second kappa shape index (κ2) is 7.51. The Morgan fingerprint density at radius 3 is 2.44 bits per heavy atom. The van der Waals surface area contributed by atoms with E-state index in [1.165, 1.54) is 70.1 Å². The number of likely N-dealkylation sites (tertiary alicyclic amines) is 1. The molecule has 1 aliphatic heterocycles. The summed E-state index contributed by atoms with van der Waals surface area (Å²) in [5.41, 5.74) is 4.75. The number of aryl methyl sites for hydroxylation is 1. The number of fused-ring (bicyclic) bond motifs is 1. The fraction of sp³-hybridized carbons (Fsp3) is 0.478. The molecule has 2 aliphatic rings. The van der Waals surface area contributed by atoms with Crippen molar-refractivity contribution in [3.63, 3.8) is 0 Å². The third kappa shape index (κ3) is 3.50. The van der Waals surface area contributed by atoms with Crippen LogP contribution in [0.5, 0.6) is 0 Å². The average molecular weight is 355 g/mol. The van der Waals surface area contributed by atoms with E-state index < -0.39 is 0 Å². The number of hydrogen-bond acceptors (Lipinski definition) is 0. The van der Waals surface area contributed by atoms with Crippen LogP contribution < -0.4 is 4.90 Å². The highest BCUT2D eigenvalue weighted by Crippen LogP contribution is 2.45. The van der Waals surface area contributed by atoms with Gasteiger partial charge < -0.3 is 4.90 Å². The van der Waals surface area contributed by atoms with Crippen LogP contribution in [-0.4, -0.2) is 19.6 Å². The Kier molecular flexibility index (Phi) is 5.15. The van der Waals surface area contributed by atoms with Gasteiger partial charge in [-0.1, -0.05) is 48.0 Å². The fourth-order valence-electron chi connectivity index (χ4n) is 5.09. The number of halogens is 1. The van der Waals surface area contributed by atoms with Crippen LogP contribution >= 0.6 is 11.6 Å². The van der Waals surface area contributed by atoms with Crippen LogP contribution in [0.2, 0.25) is 5.02 Å². The normalized spacial score (nSPS) is 24.0. The highest BCUT2D eigenvalue weighted by molar-refractivity contribution is 6.30. The molecule has 0 amide bonds. The zero-order valence-corrected chi connectivity index (χ0v) is 15.8. The van der Waals surface area contributed by atoms with Crippen LogP contribution in [0.4, 0.5) is 0 Å². The molecule has 1 N–H and O–H groups in total. The van der Waals surface area contributed by atoms with E-state index in [1.807, 2.05) is 4.90 Å². The van der Waals surface area contributed by atoms with Crippen molar-refractivity contribution >= 4 is 11.6 Å². The Hall–Kier alpha value is -1.31. The Labute approximate surface area is 157 Å². The van der Waals surface area contributed by atoms with Crippen LogP contribution in [0.1, 0.15) is 55.2 Å². The molecule has 2 aromatic rings. The summed E-state index contributed by atoms with van der Waals surface area (Å²) in [6, 6.07) is 17.8. The van der Waals surface area contributed by atoms with Crippen molar-refractivity contribution in [1.29, 1.82) is 0 Å². The van der Waals surface area contributed by atoms with Gasteiger partial charge in [-0.15, -0.1) is 0 Å². The fourth-order valence-corrected chi connectivity index (χ4v) is 5.21. The molecular formula is C23H29ClN+. The van der Waals surface area contributed by atoms with E-state index in [0.717, 1.165) is 5.02 Å². The van der Waals surface area contributed by atoms with Crippen molar-refractivity contribution in [2.24, 2.45) is 0 Å². The summed E-state index contributed by atoms with van der Waals surface area (Å²) < 4.78 is 0. The first-order valence-corrected chi connectivity index (χ1v) is 10.3. The van der Waals surface area contributed by atoms with Crippen LogP contribution in [0.3, 0.4) is 0 Å². The number of hydrogen-bond donors (Lipinski definition) is 1. The molecular weight excluding hydrogens is 326 g/mol. The summed E-state index contributed by atoms with van der Waals surface area (Å²) in [6.45, 7) is 4.01. The van der Waals surface area contributed by atoms with E-state index in [2.05, 4.69) is 48.5 Å². The first kappa shape index (κ1) is 17.1. The predicted molar refractivity (Wildman–Crippen MR) is 106 cm³/mol. The maximum absolute atomic E-state index is 6.19. The molecule has 132 valence electrons. The van der Waals surface area contributed by atoms with E-state index in [-0.39, 0.29) is 5.41 Å². The first-order valence-electron chi connectivity index (χ1n) is 9.96. The molecule has 2 heteroatoms. The minimum absolute atomic E-state index is 0.171. The highest BCUT2D eigenvalue weighted by Gasteiger charge is 2.38. The van der Waals surface area contributed by atoms with E-state index in [0.29, 0.717) is 0 Å². The van der Waals surface area contributed by atoms with Crippen molar-refractivity contribution in [1.82, 2.24) is 0 Å². The minimum Gasteiger partial charge on any atom is -0.335 e. The molecule has 1 heterocycles. The van der Waals surface area contributed by atoms with Gasteiger partial charge in [0.15, 0.2) is 0 Å². The maximum Gasteiger partial charge on any atom is 0.0782 e. The lowest BCUT2D eigenvalue weighted by atomic mass is 9.64. The number of quaternary nitrogens is 1. The third-order valence-corrected chi connectivity index (χ3v) is 6.70. The standard InChI is InChI=1S/C23H28ClN/c24-21-12-10-20(11-13-21)23(15-18-25-16-4-1-5-17-25)14-6-8-19-7-2-3-9-22(19)23/h2-3,7,9-13H,1,4-6,8,14-18H2/p+1/t23-/m0/s1. The summed E-state index contributed by atoms with van der Waals surface area (Å²) in [7, 11) is 0. The predicted octanol–water partition coefficient (Wildman–Crippen LogP) is 4.42. The van der Waals surface area contributed by atoms with Crippen molar-refractivity contribution in [2.45, 2.75) is 50.4 Å². The maximum atomic E-state index is 6.19. The summed E-state index contributed by atoms with van der Waals surface area (Å²) in [5, 5.41) is 0.838. The number of benzene rings is 2. The third-order valence-electron chi connectivity index (χ3n) is 6.45. The highest BCUT2D eigenvalue weighted by atomic mass is 35.5. The Morgan fingerprint density at radius 1 is 0.880 bits per heavy atom. The summed E-state index contributed by atoms with van der Waals surface area (Å²) >= 11 is 6.19. The van der Waals surface area contributed by atoms with Gasteiger partial charge in [-0.25, -0.2) is 0 Å². The molecule has 1 fully saturated rings. The lowest BCUT2D eigenvalue weighted by molar-refractivity contribution is -0.905. The van der Waals surface area contributed by atoms with Gasteiger partial charge in [-0.05, 0) is 67.3 Å². The summed E-state index contributed by atoms with van der Waals surface area (Å²) in [5.74, 6) is 0. The van der Waals surface area contributed by atoms with Crippen LogP contribution in [0.25, 0.3) is 0 Å². The molecule has 25 heavy (non-hydrogen) atoms. The molecule has 0 bridgehead atoms. The van der Waals surface area contributed by atoms with Gasteiger partial charge >= 0.3 is 0 Å². The zero-order chi connectivity index (χ0) is 17.1. The quantitative estimate of drug-likeness (QED) is 0.828. The van der Waals surface area contributed by atoms with Crippen LogP contribution in [-0.2, 0) is 11.8 Å². The van der Waals surface area contributed by atoms with Gasteiger partial charge in [0.1, 0.15) is 0 Å². The number of rotatable bonds is 4. The molecule has 4 rings (SSSR count). The largest absolute Gasteiger partial charge is 0.335 e. The zero-order valence-electron chi connectivity index (χ0n) is 15.1. The van der Waals surface area contributed by atoms with Crippen molar-refractivity contribution < 1.29 is 4.90 Å². The van der Waals surface area contributed by atoms with Crippen LogP contribution in [0, 0.1) is 0 Å².